The van der Waals surface area contributed by atoms with Crippen LogP contribution in [0.5, 0.6) is 5.75 Å². The Labute approximate surface area is 184 Å². The highest BCUT2D eigenvalue weighted by molar-refractivity contribution is 7.14. The first-order valence-electron chi connectivity index (χ1n) is 10.1. The predicted molar refractivity (Wildman–Crippen MR) is 117 cm³/mol. The number of benzene rings is 1. The molecule has 10 heteroatoms. The molecule has 1 aliphatic rings. The second kappa shape index (κ2) is 10.8. The third-order valence-corrected chi connectivity index (χ3v) is 5.66. The van der Waals surface area contributed by atoms with Gasteiger partial charge in [-0.05, 0) is 31.9 Å². The highest BCUT2D eigenvalue weighted by Gasteiger charge is 2.29. The number of carbonyl (C=O) groups excluding carboxylic acids is 3. The van der Waals surface area contributed by atoms with Crippen LogP contribution in [0, 0.1) is 5.92 Å². The molecule has 2 N–H and O–H groups in total. The number of rotatable bonds is 7. The average Bonchev–Trinajstić information content (AvgIpc) is 3.20. The molecular formula is C21H26N4O5S. The van der Waals surface area contributed by atoms with E-state index in [4.69, 9.17) is 9.47 Å². The summed E-state index contributed by atoms with van der Waals surface area (Å²) in [7, 11) is 1.53. The van der Waals surface area contributed by atoms with Crippen LogP contribution in [0.15, 0.2) is 29.6 Å². The van der Waals surface area contributed by atoms with Crippen LogP contribution >= 0.6 is 11.3 Å². The molecule has 2 heterocycles. The van der Waals surface area contributed by atoms with E-state index < -0.39 is 6.03 Å². The van der Waals surface area contributed by atoms with E-state index in [1.165, 1.54) is 18.4 Å². The van der Waals surface area contributed by atoms with Crippen LogP contribution in [0.1, 0.15) is 25.5 Å². The van der Waals surface area contributed by atoms with Crippen LogP contribution in [-0.4, -0.2) is 54.6 Å². The zero-order chi connectivity index (χ0) is 22.2. The monoisotopic (exact) mass is 446 g/mol. The topological polar surface area (TPSA) is 110 Å². The van der Waals surface area contributed by atoms with Crippen molar-refractivity contribution in [3.05, 3.63) is 35.3 Å². The Morgan fingerprint density at radius 1 is 1.26 bits per heavy atom. The average molecular weight is 447 g/mol. The fourth-order valence-corrected chi connectivity index (χ4v) is 4.07. The Kier molecular flexibility index (Phi) is 7.82. The lowest BCUT2D eigenvalue weighted by molar-refractivity contribution is -0.151. The number of likely N-dealkylation sites (tertiary alicyclic amines) is 1. The number of thiazole rings is 1. The Hall–Kier alpha value is -3.14. The molecule has 0 spiro atoms. The third-order valence-electron chi connectivity index (χ3n) is 4.85. The number of amides is 3. The molecule has 9 nitrogen and oxygen atoms in total. The van der Waals surface area contributed by atoms with Crippen molar-refractivity contribution in [2.24, 2.45) is 5.92 Å². The molecule has 166 valence electrons. The molecule has 1 atom stereocenters. The van der Waals surface area contributed by atoms with Gasteiger partial charge in [-0.15, -0.1) is 11.3 Å². The van der Waals surface area contributed by atoms with Gasteiger partial charge in [0.05, 0.1) is 37.4 Å². The van der Waals surface area contributed by atoms with Crippen LogP contribution in [0.4, 0.5) is 15.6 Å². The van der Waals surface area contributed by atoms with E-state index in [0.29, 0.717) is 42.0 Å². The number of piperidine rings is 1. The molecule has 1 fully saturated rings. The number of methoxy groups -OCH3 is 1. The van der Waals surface area contributed by atoms with E-state index in [1.807, 2.05) is 6.07 Å². The third kappa shape index (κ3) is 6.17. The molecule has 0 radical (unpaired) electrons. The summed E-state index contributed by atoms with van der Waals surface area (Å²) in [4.78, 5) is 42.9. The first kappa shape index (κ1) is 22.5. The molecular weight excluding hydrogens is 420 g/mol. The summed E-state index contributed by atoms with van der Waals surface area (Å²) >= 11 is 1.24. The minimum atomic E-state index is -0.454. The highest BCUT2D eigenvalue weighted by atomic mass is 32.1. The van der Waals surface area contributed by atoms with Crippen molar-refractivity contribution in [2.75, 3.05) is 37.4 Å². The zero-order valence-electron chi connectivity index (χ0n) is 17.6. The van der Waals surface area contributed by atoms with Gasteiger partial charge in [-0.1, -0.05) is 12.1 Å². The fraction of sp³-hybridized carbons (Fsp3) is 0.429. The summed E-state index contributed by atoms with van der Waals surface area (Å²) < 4.78 is 10.3. The van der Waals surface area contributed by atoms with E-state index in [2.05, 4.69) is 15.6 Å². The molecule has 0 saturated carbocycles. The van der Waals surface area contributed by atoms with E-state index >= 15 is 0 Å². The molecule has 0 bridgehead atoms. The normalized spacial score (nSPS) is 15.8. The van der Waals surface area contributed by atoms with Crippen LogP contribution < -0.4 is 15.4 Å². The lowest BCUT2D eigenvalue weighted by Crippen LogP contribution is -2.43. The largest absolute Gasteiger partial charge is 0.495 e. The molecule has 1 aliphatic heterocycles. The summed E-state index contributed by atoms with van der Waals surface area (Å²) in [6, 6.07) is 6.62. The highest BCUT2D eigenvalue weighted by Crippen LogP contribution is 2.24. The van der Waals surface area contributed by atoms with E-state index in [0.717, 1.165) is 12.8 Å². The van der Waals surface area contributed by atoms with Crippen molar-refractivity contribution >= 4 is 40.1 Å². The SMILES string of the molecule is CCOC(=O)C1CCCN(C(=O)Cc2csc(NC(=O)Nc3ccccc3OC)n2)C1. The number of esters is 1. The van der Waals surface area contributed by atoms with Gasteiger partial charge < -0.3 is 19.7 Å². The summed E-state index contributed by atoms with van der Waals surface area (Å²) in [5.41, 5.74) is 1.11. The Morgan fingerprint density at radius 2 is 2.06 bits per heavy atom. The molecule has 0 aliphatic carbocycles. The van der Waals surface area contributed by atoms with E-state index in [1.54, 1.807) is 35.4 Å². The molecule has 2 aromatic rings. The number of para-hydroxylation sites is 2. The van der Waals surface area contributed by atoms with Gasteiger partial charge in [-0.3, -0.25) is 14.9 Å². The Bertz CT molecular complexity index is 932. The number of nitrogens with one attached hydrogen (secondary N) is 2. The van der Waals surface area contributed by atoms with E-state index in [9.17, 15) is 14.4 Å². The van der Waals surface area contributed by atoms with Crippen molar-refractivity contribution in [1.82, 2.24) is 9.88 Å². The fourth-order valence-electron chi connectivity index (χ4n) is 3.37. The van der Waals surface area contributed by atoms with Gasteiger partial charge in [-0.25, -0.2) is 9.78 Å². The Balaban J connectivity index is 1.53. The van der Waals surface area contributed by atoms with Crippen molar-refractivity contribution in [3.8, 4) is 5.75 Å². The number of urea groups is 1. The molecule has 1 unspecified atom stereocenters. The number of nitrogens with zero attached hydrogens (tertiary/aromatic N) is 2. The van der Waals surface area contributed by atoms with Gasteiger partial charge in [0.1, 0.15) is 5.75 Å². The van der Waals surface area contributed by atoms with Crippen LogP contribution in [0.2, 0.25) is 0 Å². The van der Waals surface area contributed by atoms with Gasteiger partial charge in [0.15, 0.2) is 5.13 Å². The van der Waals surface area contributed by atoms with Crippen molar-refractivity contribution in [1.29, 1.82) is 0 Å². The summed E-state index contributed by atoms with van der Waals surface area (Å²) in [5.74, 6) is -0.0692. The molecule has 1 saturated heterocycles. The summed E-state index contributed by atoms with van der Waals surface area (Å²) in [6.45, 7) is 3.09. The van der Waals surface area contributed by atoms with Crippen molar-refractivity contribution in [3.63, 3.8) is 0 Å². The standard InChI is InChI=1S/C21H26N4O5S/c1-3-30-19(27)14-7-6-10-25(12-14)18(26)11-15-13-31-21(22-15)24-20(28)23-16-8-4-5-9-17(16)29-2/h4-5,8-9,13-14H,3,6-7,10-12H2,1-2H3,(H2,22,23,24,28). The van der Waals surface area contributed by atoms with Crippen LogP contribution in [0.3, 0.4) is 0 Å². The molecule has 31 heavy (non-hydrogen) atoms. The first-order chi connectivity index (χ1) is 15.0. The number of aromatic nitrogens is 1. The second-order valence-corrected chi connectivity index (χ2v) is 7.89. The summed E-state index contributed by atoms with van der Waals surface area (Å²) in [6.07, 6.45) is 1.61. The van der Waals surface area contributed by atoms with Crippen molar-refractivity contribution in [2.45, 2.75) is 26.2 Å². The smallest absolute Gasteiger partial charge is 0.325 e. The van der Waals surface area contributed by atoms with Crippen LogP contribution in [0.25, 0.3) is 0 Å². The van der Waals surface area contributed by atoms with Gasteiger partial charge >= 0.3 is 12.0 Å². The molecule has 3 rings (SSSR count). The molecule has 3 amide bonds. The van der Waals surface area contributed by atoms with Crippen molar-refractivity contribution < 1.29 is 23.9 Å². The quantitative estimate of drug-likeness (QED) is 0.633. The molecule has 1 aromatic heterocycles. The summed E-state index contributed by atoms with van der Waals surface area (Å²) in [5, 5.41) is 7.50. The number of anilines is 2. The van der Waals surface area contributed by atoms with Gasteiger partial charge in [0.2, 0.25) is 5.91 Å². The van der Waals surface area contributed by atoms with Gasteiger partial charge in [0.25, 0.3) is 0 Å². The predicted octanol–water partition coefficient (Wildman–Crippen LogP) is 3.14. The lowest BCUT2D eigenvalue weighted by Gasteiger charge is -2.31. The second-order valence-electron chi connectivity index (χ2n) is 7.03. The van der Waals surface area contributed by atoms with E-state index in [-0.39, 0.29) is 24.2 Å². The first-order valence-corrected chi connectivity index (χ1v) is 11.0. The number of ether oxygens (including phenoxy) is 2. The lowest BCUT2D eigenvalue weighted by atomic mass is 9.98. The van der Waals surface area contributed by atoms with Gasteiger partial charge in [0, 0.05) is 18.5 Å². The maximum Gasteiger partial charge on any atom is 0.325 e. The Morgan fingerprint density at radius 3 is 2.84 bits per heavy atom. The maximum absolute atomic E-state index is 12.7. The number of hydrogen-bond acceptors (Lipinski definition) is 7. The maximum atomic E-state index is 12.7. The minimum Gasteiger partial charge on any atom is -0.495 e. The number of hydrogen-bond donors (Lipinski definition) is 2. The zero-order valence-corrected chi connectivity index (χ0v) is 18.4. The molecule has 1 aromatic carbocycles. The minimum absolute atomic E-state index is 0.0932. The van der Waals surface area contributed by atoms with Crippen LogP contribution in [-0.2, 0) is 20.7 Å². The number of carbonyl (C=O) groups is 3. The van der Waals surface area contributed by atoms with Gasteiger partial charge in [-0.2, -0.15) is 0 Å².